The van der Waals surface area contributed by atoms with Crippen LogP contribution in [0.15, 0.2) is 24.5 Å². The molecule has 1 aliphatic heterocycles. The Kier molecular flexibility index (Phi) is 2.22. The van der Waals surface area contributed by atoms with Crippen LogP contribution in [0.1, 0.15) is 28.5 Å². The van der Waals surface area contributed by atoms with Crippen molar-refractivity contribution in [2.24, 2.45) is 0 Å². The summed E-state index contributed by atoms with van der Waals surface area (Å²) >= 11 is 0. The second-order valence-electron chi connectivity index (χ2n) is 4.05. The number of aromatic nitrogens is 2. The number of aldehydes is 1. The second kappa shape index (κ2) is 3.72. The Labute approximate surface area is 92.9 Å². The molecule has 1 atom stereocenters. The standard InChI is InChI=1S/C12H12N2O2/c15-7-9-1-3-14-11(5-9)6-13-12(14)10-2-4-16-8-10/h1,3,5-7,10H,2,4,8H2. The van der Waals surface area contributed by atoms with E-state index in [2.05, 4.69) is 4.98 Å². The van der Waals surface area contributed by atoms with E-state index in [0.717, 1.165) is 37.3 Å². The van der Waals surface area contributed by atoms with Crippen LogP contribution in [0.5, 0.6) is 0 Å². The lowest BCUT2D eigenvalue weighted by molar-refractivity contribution is 0.112. The molecular formula is C12H12N2O2. The highest BCUT2D eigenvalue weighted by molar-refractivity contribution is 5.77. The summed E-state index contributed by atoms with van der Waals surface area (Å²) in [4.78, 5) is 15.1. The fourth-order valence-corrected chi connectivity index (χ4v) is 2.15. The Hall–Kier alpha value is -1.68. The molecule has 0 amide bonds. The van der Waals surface area contributed by atoms with Crippen molar-refractivity contribution in [2.45, 2.75) is 12.3 Å². The van der Waals surface area contributed by atoms with E-state index in [9.17, 15) is 4.79 Å². The average molecular weight is 216 g/mol. The first kappa shape index (κ1) is 9.54. The molecular weight excluding hydrogens is 204 g/mol. The fourth-order valence-electron chi connectivity index (χ4n) is 2.15. The summed E-state index contributed by atoms with van der Waals surface area (Å²) in [6.45, 7) is 1.56. The lowest BCUT2D eigenvalue weighted by atomic mass is 10.1. The Morgan fingerprint density at radius 1 is 1.56 bits per heavy atom. The van der Waals surface area contributed by atoms with Crippen LogP contribution in [0, 0.1) is 0 Å². The van der Waals surface area contributed by atoms with Crippen LogP contribution in [0.2, 0.25) is 0 Å². The third kappa shape index (κ3) is 1.42. The highest BCUT2D eigenvalue weighted by Crippen LogP contribution is 2.24. The first-order chi connectivity index (χ1) is 7.88. The number of carbonyl (C=O) groups is 1. The predicted molar refractivity (Wildman–Crippen MR) is 58.8 cm³/mol. The van der Waals surface area contributed by atoms with Gasteiger partial charge in [0.25, 0.3) is 0 Å². The summed E-state index contributed by atoms with van der Waals surface area (Å²) in [5, 5.41) is 0. The molecule has 0 N–H and O–H groups in total. The molecule has 16 heavy (non-hydrogen) atoms. The molecule has 0 saturated carbocycles. The number of pyridine rings is 1. The fraction of sp³-hybridized carbons (Fsp3) is 0.333. The van der Waals surface area contributed by atoms with Gasteiger partial charge in [-0.2, -0.15) is 0 Å². The van der Waals surface area contributed by atoms with Crippen LogP contribution in [-0.2, 0) is 4.74 Å². The van der Waals surface area contributed by atoms with Gasteiger partial charge in [0.1, 0.15) is 12.1 Å². The van der Waals surface area contributed by atoms with Gasteiger partial charge in [0.15, 0.2) is 0 Å². The SMILES string of the molecule is O=Cc1ccn2c(C3CCOC3)ncc2c1. The van der Waals surface area contributed by atoms with E-state index in [1.54, 1.807) is 12.3 Å². The zero-order chi connectivity index (χ0) is 11.0. The number of fused-ring (bicyclic) bond motifs is 1. The van der Waals surface area contributed by atoms with Gasteiger partial charge in [0.2, 0.25) is 0 Å². The smallest absolute Gasteiger partial charge is 0.150 e. The summed E-state index contributed by atoms with van der Waals surface area (Å²) in [5.74, 6) is 1.41. The summed E-state index contributed by atoms with van der Waals surface area (Å²) in [7, 11) is 0. The second-order valence-corrected chi connectivity index (χ2v) is 4.05. The first-order valence-corrected chi connectivity index (χ1v) is 5.38. The molecule has 3 rings (SSSR count). The number of hydrogen-bond donors (Lipinski definition) is 0. The van der Waals surface area contributed by atoms with Crippen molar-refractivity contribution in [3.05, 3.63) is 35.9 Å². The number of imidazole rings is 1. The minimum absolute atomic E-state index is 0.379. The molecule has 0 radical (unpaired) electrons. The molecule has 1 saturated heterocycles. The van der Waals surface area contributed by atoms with Gasteiger partial charge in [0.05, 0.1) is 18.3 Å². The van der Waals surface area contributed by atoms with E-state index < -0.39 is 0 Å². The predicted octanol–water partition coefficient (Wildman–Crippen LogP) is 1.65. The third-order valence-electron chi connectivity index (χ3n) is 3.02. The highest BCUT2D eigenvalue weighted by atomic mass is 16.5. The summed E-state index contributed by atoms with van der Waals surface area (Å²) in [6.07, 6.45) is 5.58. The van der Waals surface area contributed by atoms with Crippen LogP contribution in [0.3, 0.4) is 0 Å². The van der Waals surface area contributed by atoms with Crippen molar-refractivity contribution >= 4 is 11.8 Å². The van der Waals surface area contributed by atoms with Crippen molar-refractivity contribution in [3.63, 3.8) is 0 Å². The molecule has 1 unspecified atom stereocenters. The minimum atomic E-state index is 0.379. The monoisotopic (exact) mass is 216 g/mol. The maximum Gasteiger partial charge on any atom is 0.150 e. The zero-order valence-corrected chi connectivity index (χ0v) is 8.80. The molecule has 82 valence electrons. The molecule has 1 aliphatic rings. The lowest BCUT2D eigenvalue weighted by Crippen LogP contribution is -2.03. The van der Waals surface area contributed by atoms with Crippen LogP contribution in [0.25, 0.3) is 5.52 Å². The van der Waals surface area contributed by atoms with Crippen molar-refractivity contribution in [1.29, 1.82) is 0 Å². The number of ether oxygens (including phenoxy) is 1. The number of hydrogen-bond acceptors (Lipinski definition) is 3. The number of nitrogens with zero attached hydrogens (tertiary/aromatic N) is 2. The number of rotatable bonds is 2. The van der Waals surface area contributed by atoms with Crippen molar-refractivity contribution in [2.75, 3.05) is 13.2 Å². The number of carbonyl (C=O) groups excluding carboxylic acids is 1. The molecule has 4 heteroatoms. The summed E-state index contributed by atoms with van der Waals surface area (Å²) < 4.78 is 7.40. The van der Waals surface area contributed by atoms with Crippen molar-refractivity contribution < 1.29 is 9.53 Å². The largest absolute Gasteiger partial charge is 0.381 e. The van der Waals surface area contributed by atoms with Gasteiger partial charge in [-0.25, -0.2) is 4.98 Å². The van der Waals surface area contributed by atoms with E-state index >= 15 is 0 Å². The van der Waals surface area contributed by atoms with E-state index in [4.69, 9.17) is 4.74 Å². The molecule has 2 aromatic heterocycles. The van der Waals surface area contributed by atoms with Gasteiger partial charge >= 0.3 is 0 Å². The van der Waals surface area contributed by atoms with Crippen molar-refractivity contribution in [3.8, 4) is 0 Å². The zero-order valence-electron chi connectivity index (χ0n) is 8.80. The van der Waals surface area contributed by atoms with Crippen LogP contribution < -0.4 is 0 Å². The lowest BCUT2D eigenvalue weighted by Gasteiger charge is -2.06. The van der Waals surface area contributed by atoms with E-state index in [0.29, 0.717) is 11.5 Å². The van der Waals surface area contributed by atoms with E-state index in [-0.39, 0.29) is 0 Å². The quantitative estimate of drug-likeness (QED) is 0.717. The summed E-state index contributed by atoms with van der Waals surface area (Å²) in [5.41, 5.74) is 1.65. The molecule has 0 aliphatic carbocycles. The van der Waals surface area contributed by atoms with Crippen LogP contribution in [-0.4, -0.2) is 28.9 Å². The molecule has 0 aromatic carbocycles. The van der Waals surface area contributed by atoms with Gasteiger partial charge in [0, 0.05) is 24.3 Å². The van der Waals surface area contributed by atoms with Crippen LogP contribution in [0.4, 0.5) is 0 Å². The average Bonchev–Trinajstić information content (AvgIpc) is 2.96. The Morgan fingerprint density at radius 3 is 3.25 bits per heavy atom. The van der Waals surface area contributed by atoms with Crippen LogP contribution >= 0.6 is 0 Å². The van der Waals surface area contributed by atoms with Crippen molar-refractivity contribution in [1.82, 2.24) is 9.38 Å². The Balaban J connectivity index is 2.09. The Bertz CT molecular complexity index is 527. The molecule has 1 fully saturated rings. The molecule has 3 heterocycles. The van der Waals surface area contributed by atoms with E-state index in [1.807, 2.05) is 16.7 Å². The Morgan fingerprint density at radius 2 is 2.50 bits per heavy atom. The van der Waals surface area contributed by atoms with Gasteiger partial charge in [-0.1, -0.05) is 0 Å². The molecule has 2 aromatic rings. The normalized spacial score (nSPS) is 20.4. The first-order valence-electron chi connectivity index (χ1n) is 5.38. The molecule has 4 nitrogen and oxygen atoms in total. The third-order valence-corrected chi connectivity index (χ3v) is 3.02. The van der Waals surface area contributed by atoms with E-state index in [1.165, 1.54) is 0 Å². The maximum absolute atomic E-state index is 10.7. The molecule has 0 spiro atoms. The van der Waals surface area contributed by atoms with Gasteiger partial charge in [-0.15, -0.1) is 0 Å². The summed E-state index contributed by atoms with van der Waals surface area (Å²) in [6, 6.07) is 3.65. The van der Waals surface area contributed by atoms with Gasteiger partial charge < -0.3 is 9.14 Å². The minimum Gasteiger partial charge on any atom is -0.381 e. The highest BCUT2D eigenvalue weighted by Gasteiger charge is 2.21. The van der Waals surface area contributed by atoms with Gasteiger partial charge in [-0.05, 0) is 18.6 Å². The molecule has 0 bridgehead atoms. The maximum atomic E-state index is 10.7. The topological polar surface area (TPSA) is 43.6 Å². The van der Waals surface area contributed by atoms with Gasteiger partial charge in [-0.3, -0.25) is 4.79 Å².